The molecule has 1 saturated carbocycles. The molecule has 2 unspecified atom stereocenters. The first-order chi connectivity index (χ1) is 23.0. The Morgan fingerprint density at radius 1 is 1.17 bits per heavy atom. The molecule has 48 heavy (non-hydrogen) atoms. The van der Waals surface area contributed by atoms with Crippen LogP contribution in [0.15, 0.2) is 18.3 Å². The summed E-state index contributed by atoms with van der Waals surface area (Å²) in [5.41, 5.74) is 13.2. The number of pyridine rings is 3. The Labute approximate surface area is 279 Å². The van der Waals surface area contributed by atoms with Gasteiger partial charge < -0.3 is 25.8 Å². The Bertz CT molecular complexity index is 1950. The van der Waals surface area contributed by atoms with Crippen LogP contribution in [0.25, 0.3) is 22.2 Å². The van der Waals surface area contributed by atoms with Crippen molar-refractivity contribution in [3.05, 3.63) is 46.2 Å². The van der Waals surface area contributed by atoms with Crippen LogP contribution in [0.3, 0.4) is 0 Å². The van der Waals surface area contributed by atoms with E-state index in [1.807, 2.05) is 18.7 Å². The van der Waals surface area contributed by atoms with Crippen LogP contribution in [0.4, 0.5) is 30.6 Å². The molecule has 3 aliphatic heterocycles. The second kappa shape index (κ2) is 11.5. The zero-order valence-corrected chi connectivity index (χ0v) is 27.3. The van der Waals surface area contributed by atoms with Gasteiger partial charge >= 0.3 is 6.01 Å². The number of nitrogen functional groups attached to an aromatic ring is 2. The molecular weight excluding hydrogens is 647 g/mol. The average Bonchev–Trinajstić information content (AvgIpc) is 3.75. The molecule has 0 radical (unpaired) electrons. The molecule has 4 aliphatic rings. The number of nitrogens with two attached hydrogens (primary N) is 2. The van der Waals surface area contributed by atoms with Crippen LogP contribution in [0.1, 0.15) is 69.0 Å². The van der Waals surface area contributed by atoms with Gasteiger partial charge in [-0.25, -0.2) is 28.1 Å². The Balaban J connectivity index is 1.32. The average molecular weight is 682 g/mol. The number of halogens is 4. The molecule has 4 N–H and O–H groups in total. The quantitative estimate of drug-likeness (QED) is 0.230. The summed E-state index contributed by atoms with van der Waals surface area (Å²) in [6.45, 7) is 5.13. The van der Waals surface area contributed by atoms with Crippen molar-refractivity contribution >= 4 is 40.0 Å². The minimum atomic E-state index is -0.954. The predicted molar refractivity (Wildman–Crippen MR) is 175 cm³/mol. The van der Waals surface area contributed by atoms with Gasteiger partial charge in [0.05, 0.1) is 23.8 Å². The van der Waals surface area contributed by atoms with Crippen molar-refractivity contribution in [1.29, 1.82) is 0 Å². The summed E-state index contributed by atoms with van der Waals surface area (Å²) in [5, 5.41) is 0.417. The second-order valence-electron chi connectivity index (χ2n) is 13.4. The summed E-state index contributed by atoms with van der Waals surface area (Å²) in [6.07, 6.45) is 3.89. The van der Waals surface area contributed by atoms with E-state index >= 15 is 4.39 Å². The van der Waals surface area contributed by atoms with Crippen molar-refractivity contribution < 1.29 is 22.6 Å². The normalized spacial score (nSPS) is 24.4. The summed E-state index contributed by atoms with van der Waals surface area (Å²) >= 11 is 6.57. The highest BCUT2D eigenvalue weighted by Gasteiger charge is 2.49. The molecule has 0 aromatic carbocycles. The number of aromatic nitrogens is 5. The van der Waals surface area contributed by atoms with Crippen molar-refractivity contribution in [2.45, 2.75) is 75.7 Å². The molecule has 0 bridgehead atoms. The SMILES string of the molecule is CC(c1cc(F)cnc1N)N1c2nc(OC[C@@]34CCCN3CC(F)C4)nc3c(F)c(-c4cc(N)nc(Cl)c4C4CC4)nc(c23)OC[C@@H]1C. The molecule has 0 spiro atoms. The molecule has 252 valence electrons. The fourth-order valence-electron chi connectivity index (χ4n) is 7.79. The first-order valence-electron chi connectivity index (χ1n) is 16.2. The first-order valence-corrected chi connectivity index (χ1v) is 16.6. The van der Waals surface area contributed by atoms with Crippen molar-refractivity contribution in [2.75, 3.05) is 42.7 Å². The van der Waals surface area contributed by atoms with E-state index in [-0.39, 0.29) is 76.3 Å². The van der Waals surface area contributed by atoms with Crippen molar-refractivity contribution in [3.8, 4) is 23.1 Å². The largest absolute Gasteiger partial charge is 0.475 e. The molecule has 1 aliphatic carbocycles. The second-order valence-corrected chi connectivity index (χ2v) is 13.8. The van der Waals surface area contributed by atoms with Crippen LogP contribution in [-0.4, -0.2) is 73.9 Å². The third-order valence-electron chi connectivity index (χ3n) is 10.2. The van der Waals surface area contributed by atoms with Gasteiger partial charge in [-0.3, -0.25) is 4.90 Å². The van der Waals surface area contributed by atoms with Crippen LogP contribution < -0.4 is 25.8 Å². The molecule has 4 atom stereocenters. The molecular formula is C33H35ClF3N9O2. The van der Waals surface area contributed by atoms with Gasteiger partial charge in [-0.1, -0.05) is 11.6 Å². The lowest BCUT2D eigenvalue weighted by molar-refractivity contribution is 0.107. The van der Waals surface area contributed by atoms with Gasteiger partial charge in [-0.2, -0.15) is 9.97 Å². The number of fused-ring (bicyclic) bond motifs is 1. The fraction of sp³-hybridized carbons (Fsp3) is 0.485. The van der Waals surface area contributed by atoms with Gasteiger partial charge in [-0.15, -0.1) is 0 Å². The van der Waals surface area contributed by atoms with Gasteiger partial charge in [0.25, 0.3) is 0 Å². The van der Waals surface area contributed by atoms with Crippen molar-refractivity contribution in [2.24, 2.45) is 0 Å². The number of nitrogens with zero attached hydrogens (tertiary/aromatic N) is 7. The van der Waals surface area contributed by atoms with Crippen LogP contribution in [0.2, 0.25) is 5.15 Å². The highest BCUT2D eigenvalue weighted by atomic mass is 35.5. The van der Waals surface area contributed by atoms with Crippen molar-refractivity contribution in [3.63, 3.8) is 0 Å². The minimum absolute atomic E-state index is 0.0321. The van der Waals surface area contributed by atoms with E-state index < -0.39 is 29.4 Å². The summed E-state index contributed by atoms with van der Waals surface area (Å²) in [5.74, 6) is -0.548. The molecule has 4 aromatic rings. The topological polar surface area (TPSA) is 141 Å². The Morgan fingerprint density at radius 3 is 2.77 bits per heavy atom. The van der Waals surface area contributed by atoms with Crippen LogP contribution in [-0.2, 0) is 0 Å². The fourth-order valence-corrected chi connectivity index (χ4v) is 8.14. The van der Waals surface area contributed by atoms with E-state index in [0.29, 0.717) is 29.7 Å². The van der Waals surface area contributed by atoms with Crippen LogP contribution in [0.5, 0.6) is 11.9 Å². The number of anilines is 3. The van der Waals surface area contributed by atoms with Gasteiger partial charge in [0.15, 0.2) is 5.82 Å². The van der Waals surface area contributed by atoms with E-state index in [0.717, 1.165) is 38.4 Å². The summed E-state index contributed by atoms with van der Waals surface area (Å²) in [6, 6.07) is 1.83. The van der Waals surface area contributed by atoms with E-state index in [4.69, 9.17) is 42.5 Å². The third-order valence-corrected chi connectivity index (χ3v) is 10.5. The number of rotatable bonds is 7. The highest BCUT2D eigenvalue weighted by molar-refractivity contribution is 6.30. The van der Waals surface area contributed by atoms with E-state index in [9.17, 15) is 8.78 Å². The Morgan fingerprint density at radius 2 is 1.98 bits per heavy atom. The molecule has 2 saturated heterocycles. The van der Waals surface area contributed by atoms with Crippen LogP contribution >= 0.6 is 11.6 Å². The predicted octanol–water partition coefficient (Wildman–Crippen LogP) is 5.76. The molecule has 11 nitrogen and oxygen atoms in total. The smallest absolute Gasteiger partial charge is 0.319 e. The molecule has 4 aromatic heterocycles. The number of alkyl halides is 1. The monoisotopic (exact) mass is 681 g/mol. The van der Waals surface area contributed by atoms with Gasteiger partial charge in [0, 0.05) is 29.7 Å². The summed E-state index contributed by atoms with van der Waals surface area (Å²) < 4.78 is 58.6. The first kappa shape index (κ1) is 31.1. The van der Waals surface area contributed by atoms with Crippen LogP contribution in [0, 0.1) is 11.6 Å². The van der Waals surface area contributed by atoms with Gasteiger partial charge in [0.1, 0.15) is 64.4 Å². The maximum Gasteiger partial charge on any atom is 0.319 e. The molecule has 3 fully saturated rings. The highest BCUT2D eigenvalue weighted by Crippen LogP contribution is 2.50. The lowest BCUT2D eigenvalue weighted by Crippen LogP contribution is -2.43. The van der Waals surface area contributed by atoms with E-state index in [1.165, 1.54) is 6.07 Å². The lowest BCUT2D eigenvalue weighted by Gasteiger charge is -2.35. The van der Waals surface area contributed by atoms with Gasteiger partial charge in [0.2, 0.25) is 5.88 Å². The third kappa shape index (κ3) is 5.11. The van der Waals surface area contributed by atoms with E-state index in [2.05, 4.69) is 19.9 Å². The summed E-state index contributed by atoms with van der Waals surface area (Å²) in [4.78, 5) is 26.4. The molecule has 8 rings (SSSR count). The van der Waals surface area contributed by atoms with E-state index in [1.54, 1.807) is 6.07 Å². The minimum Gasteiger partial charge on any atom is -0.475 e. The Hall–Kier alpha value is -4.17. The summed E-state index contributed by atoms with van der Waals surface area (Å²) in [7, 11) is 0. The van der Waals surface area contributed by atoms with Gasteiger partial charge in [-0.05, 0) is 64.1 Å². The Kier molecular flexibility index (Phi) is 7.44. The zero-order chi connectivity index (χ0) is 33.5. The maximum atomic E-state index is 17.1. The zero-order valence-electron chi connectivity index (χ0n) is 26.5. The molecule has 0 amide bonds. The molecule has 7 heterocycles. The standard InChI is InChI=1S/C33H35ClF3N9O2/c1-15-13-47-31-24-27(25(37)26(42-31)21-9-22(38)41-28(34)23(21)17-4-5-17)43-32(48-14-33-6-3-7-45(33)12-19(36)10-33)44-30(24)46(15)16(2)20-8-18(35)11-40-29(20)39/h8-9,11,15-17,19H,3-7,10,12-14H2,1-2H3,(H2,38,41)(H2,39,40)/t15-,16?,19?,33-/m0/s1. The maximum absolute atomic E-state index is 17.1. The lowest BCUT2D eigenvalue weighted by atomic mass is 9.95. The number of ether oxygens (including phenoxy) is 2. The number of hydrogen-bond acceptors (Lipinski definition) is 11. The number of hydrogen-bond donors (Lipinski definition) is 2. The van der Waals surface area contributed by atoms with Crippen molar-refractivity contribution in [1.82, 2.24) is 29.8 Å². The molecule has 15 heteroatoms.